The molecule has 0 saturated carbocycles. The second-order valence-electron chi connectivity index (χ2n) is 8.46. The zero-order valence-corrected chi connectivity index (χ0v) is 22.2. The predicted molar refractivity (Wildman–Crippen MR) is 142 cm³/mol. The van der Waals surface area contributed by atoms with E-state index in [0.717, 1.165) is 11.3 Å². The van der Waals surface area contributed by atoms with Crippen LogP contribution in [-0.4, -0.2) is 54.5 Å². The summed E-state index contributed by atoms with van der Waals surface area (Å²) in [6, 6.07) is 18.5. The normalized spacial score (nSPS) is 10.9. The summed E-state index contributed by atoms with van der Waals surface area (Å²) in [6.45, 7) is 5.95. The van der Waals surface area contributed by atoms with Crippen LogP contribution >= 0.6 is 23.2 Å². The first-order chi connectivity index (χ1) is 17.4. The summed E-state index contributed by atoms with van der Waals surface area (Å²) < 4.78 is 11.2. The highest BCUT2D eigenvalue weighted by molar-refractivity contribution is 6.36. The van der Waals surface area contributed by atoms with Crippen LogP contribution in [0.5, 0.6) is 0 Å². The highest BCUT2D eigenvalue weighted by atomic mass is 35.5. The van der Waals surface area contributed by atoms with E-state index in [-0.39, 0.29) is 23.4 Å². The first-order valence-electron chi connectivity index (χ1n) is 12.1. The van der Waals surface area contributed by atoms with E-state index in [0.29, 0.717) is 62.0 Å². The third-order valence-corrected chi connectivity index (χ3v) is 6.25. The van der Waals surface area contributed by atoms with Gasteiger partial charge in [-0.05, 0) is 62.6 Å². The molecule has 2 aromatic carbocycles. The second-order valence-corrected chi connectivity index (χ2v) is 9.31. The Labute approximate surface area is 222 Å². The van der Waals surface area contributed by atoms with Crippen molar-refractivity contribution in [3.8, 4) is 0 Å². The summed E-state index contributed by atoms with van der Waals surface area (Å²) in [5, 5.41) is 0.693. The average molecular weight is 531 g/mol. The number of carbonyl (C=O) groups excluding carboxylic acids is 2. The number of aryl methyl sites for hydroxylation is 1. The van der Waals surface area contributed by atoms with Crippen molar-refractivity contribution in [2.24, 2.45) is 0 Å². The van der Waals surface area contributed by atoms with Crippen molar-refractivity contribution in [3.63, 3.8) is 0 Å². The molecule has 0 atom stereocenters. The lowest BCUT2D eigenvalue weighted by molar-refractivity contribution is -0.132. The van der Waals surface area contributed by atoms with Crippen LogP contribution in [0, 0.1) is 6.92 Å². The van der Waals surface area contributed by atoms with E-state index < -0.39 is 0 Å². The zero-order valence-electron chi connectivity index (χ0n) is 20.7. The molecule has 8 heteroatoms. The van der Waals surface area contributed by atoms with Gasteiger partial charge in [-0.2, -0.15) is 0 Å². The number of hydrogen-bond donors (Lipinski definition) is 0. The molecule has 1 aromatic heterocycles. The molecule has 0 spiro atoms. The number of nitrogens with zero attached hydrogens (tertiary/aromatic N) is 2. The Kier molecular flexibility index (Phi) is 10.9. The number of hydrogen-bond acceptors (Lipinski definition) is 4. The molecule has 6 nitrogen and oxygen atoms in total. The number of furan rings is 1. The summed E-state index contributed by atoms with van der Waals surface area (Å²) in [4.78, 5) is 30.2. The fourth-order valence-corrected chi connectivity index (χ4v) is 4.30. The summed E-state index contributed by atoms with van der Waals surface area (Å²) >= 11 is 12.3. The van der Waals surface area contributed by atoms with Gasteiger partial charge in [-0.25, -0.2) is 0 Å². The Morgan fingerprint density at radius 2 is 1.75 bits per heavy atom. The quantitative estimate of drug-likeness (QED) is 0.253. The Bertz CT molecular complexity index is 1130. The van der Waals surface area contributed by atoms with Gasteiger partial charge in [-0.3, -0.25) is 9.59 Å². The monoisotopic (exact) mass is 530 g/mol. The molecule has 0 radical (unpaired) electrons. The molecular formula is C28H32Cl2N2O4. The smallest absolute Gasteiger partial charge is 0.255 e. The van der Waals surface area contributed by atoms with Crippen LogP contribution < -0.4 is 0 Å². The molecule has 192 valence electrons. The molecule has 36 heavy (non-hydrogen) atoms. The SMILES string of the molecule is CCOCCCN(CC(=O)N(CCc1ccccc1)Cc1ccc(C)o1)C(=O)c1ccc(Cl)cc1Cl. The van der Waals surface area contributed by atoms with E-state index in [2.05, 4.69) is 0 Å². The minimum Gasteiger partial charge on any atom is -0.464 e. The van der Waals surface area contributed by atoms with Crippen molar-refractivity contribution in [2.45, 2.75) is 33.2 Å². The summed E-state index contributed by atoms with van der Waals surface area (Å²) in [5.74, 6) is 0.989. The van der Waals surface area contributed by atoms with Crippen LogP contribution in [0.4, 0.5) is 0 Å². The van der Waals surface area contributed by atoms with Gasteiger partial charge in [0.1, 0.15) is 18.1 Å². The molecule has 0 saturated heterocycles. The Morgan fingerprint density at radius 1 is 0.972 bits per heavy atom. The standard InChI is InChI=1S/C28H32Cl2N2O4/c1-3-35-17-7-15-32(28(34)25-13-11-23(29)18-26(25)30)20-27(33)31(19-24-12-10-21(2)36-24)16-14-22-8-5-4-6-9-22/h4-6,8-13,18H,3,7,14-17,19-20H2,1-2H3. The number of amides is 2. The molecule has 3 rings (SSSR count). The van der Waals surface area contributed by atoms with Gasteiger partial charge in [0.2, 0.25) is 5.91 Å². The van der Waals surface area contributed by atoms with E-state index in [1.165, 1.54) is 11.0 Å². The molecular weight excluding hydrogens is 499 g/mol. The van der Waals surface area contributed by atoms with Crippen LogP contribution in [-0.2, 0) is 22.5 Å². The summed E-state index contributed by atoms with van der Waals surface area (Å²) in [5.41, 5.74) is 1.44. The van der Waals surface area contributed by atoms with Gasteiger partial charge in [-0.15, -0.1) is 0 Å². The number of rotatable bonds is 13. The zero-order chi connectivity index (χ0) is 25.9. The van der Waals surface area contributed by atoms with Crippen molar-refractivity contribution in [1.29, 1.82) is 0 Å². The highest BCUT2D eigenvalue weighted by Gasteiger charge is 2.24. The molecule has 0 unspecified atom stereocenters. The van der Waals surface area contributed by atoms with Gasteiger partial charge in [0.05, 0.1) is 17.1 Å². The van der Waals surface area contributed by atoms with Crippen molar-refractivity contribution < 1.29 is 18.7 Å². The van der Waals surface area contributed by atoms with Gasteiger partial charge in [0.25, 0.3) is 5.91 Å². The molecule has 0 N–H and O–H groups in total. The Morgan fingerprint density at radius 3 is 2.42 bits per heavy atom. The fourth-order valence-electron chi connectivity index (χ4n) is 3.81. The van der Waals surface area contributed by atoms with Crippen molar-refractivity contribution in [3.05, 3.63) is 93.4 Å². The molecule has 3 aromatic rings. The largest absolute Gasteiger partial charge is 0.464 e. The van der Waals surface area contributed by atoms with Crippen LogP contribution in [0.3, 0.4) is 0 Å². The fraction of sp³-hybridized carbons (Fsp3) is 0.357. The molecule has 0 fully saturated rings. The van der Waals surface area contributed by atoms with Crippen LogP contribution in [0.25, 0.3) is 0 Å². The summed E-state index contributed by atoms with van der Waals surface area (Å²) in [7, 11) is 0. The second kappa shape index (κ2) is 14.1. The van der Waals surface area contributed by atoms with Gasteiger partial charge in [0, 0.05) is 31.3 Å². The maximum absolute atomic E-state index is 13.6. The number of carbonyl (C=O) groups is 2. The average Bonchev–Trinajstić information content (AvgIpc) is 3.28. The topological polar surface area (TPSA) is 63.0 Å². The third-order valence-electron chi connectivity index (χ3n) is 5.70. The van der Waals surface area contributed by atoms with Gasteiger partial charge < -0.3 is 19.0 Å². The number of halogens is 2. The van der Waals surface area contributed by atoms with Crippen LogP contribution in [0.1, 0.15) is 40.8 Å². The van der Waals surface area contributed by atoms with Crippen molar-refractivity contribution in [2.75, 3.05) is 32.8 Å². The third kappa shape index (κ3) is 8.40. The van der Waals surface area contributed by atoms with E-state index in [9.17, 15) is 9.59 Å². The van der Waals surface area contributed by atoms with E-state index in [4.69, 9.17) is 32.4 Å². The maximum Gasteiger partial charge on any atom is 0.255 e. The van der Waals surface area contributed by atoms with Gasteiger partial charge >= 0.3 is 0 Å². The highest BCUT2D eigenvalue weighted by Crippen LogP contribution is 2.23. The van der Waals surface area contributed by atoms with Crippen molar-refractivity contribution >= 4 is 35.0 Å². The molecule has 1 heterocycles. The lowest BCUT2D eigenvalue weighted by atomic mass is 10.1. The summed E-state index contributed by atoms with van der Waals surface area (Å²) in [6.07, 6.45) is 1.28. The van der Waals surface area contributed by atoms with E-state index in [1.807, 2.05) is 56.3 Å². The Hall–Kier alpha value is -2.80. The maximum atomic E-state index is 13.6. The van der Waals surface area contributed by atoms with E-state index >= 15 is 0 Å². The number of ether oxygens (including phenoxy) is 1. The van der Waals surface area contributed by atoms with Crippen LogP contribution in [0.2, 0.25) is 10.0 Å². The first kappa shape index (κ1) is 27.8. The van der Waals surface area contributed by atoms with Crippen molar-refractivity contribution in [1.82, 2.24) is 9.80 Å². The molecule has 0 aliphatic carbocycles. The minimum absolute atomic E-state index is 0.0849. The molecule has 0 aliphatic heterocycles. The van der Waals surface area contributed by atoms with Gasteiger partial charge in [-0.1, -0.05) is 53.5 Å². The lowest BCUT2D eigenvalue weighted by Gasteiger charge is -2.28. The predicted octanol–water partition coefficient (Wildman–Crippen LogP) is 6.04. The molecule has 2 amide bonds. The molecule has 0 aliphatic rings. The lowest BCUT2D eigenvalue weighted by Crippen LogP contribution is -2.44. The van der Waals surface area contributed by atoms with E-state index in [1.54, 1.807) is 17.0 Å². The minimum atomic E-state index is -0.321. The van der Waals surface area contributed by atoms with Gasteiger partial charge in [0.15, 0.2) is 0 Å². The van der Waals surface area contributed by atoms with Crippen LogP contribution in [0.15, 0.2) is 65.1 Å². The Balaban J connectivity index is 1.78. The number of benzene rings is 2. The molecule has 0 bridgehead atoms. The first-order valence-corrected chi connectivity index (χ1v) is 12.8.